The van der Waals surface area contributed by atoms with Crippen LogP contribution in [0.25, 0.3) is 5.69 Å². The predicted octanol–water partition coefficient (Wildman–Crippen LogP) is 3.02. The van der Waals surface area contributed by atoms with Crippen molar-refractivity contribution >= 4 is 5.82 Å². The minimum atomic E-state index is 1.00. The van der Waals surface area contributed by atoms with Crippen molar-refractivity contribution in [3.63, 3.8) is 0 Å². The second kappa shape index (κ2) is 4.16. The van der Waals surface area contributed by atoms with Crippen LogP contribution in [0.2, 0.25) is 0 Å². The van der Waals surface area contributed by atoms with Gasteiger partial charge in [0, 0.05) is 12.1 Å². The van der Waals surface area contributed by atoms with Crippen molar-refractivity contribution in [3.8, 4) is 5.69 Å². The van der Waals surface area contributed by atoms with Gasteiger partial charge in [0.05, 0.1) is 11.4 Å². The van der Waals surface area contributed by atoms with Crippen molar-refractivity contribution in [1.82, 2.24) is 9.78 Å². The summed E-state index contributed by atoms with van der Waals surface area (Å²) in [6.07, 6.45) is 2.10. The van der Waals surface area contributed by atoms with Gasteiger partial charge in [-0.25, -0.2) is 4.68 Å². The summed E-state index contributed by atoms with van der Waals surface area (Å²) in [5, 5.41) is 8.23. The molecule has 2 heterocycles. The molecule has 3 heteroatoms. The average molecular weight is 241 g/mol. The number of hydrogen-bond acceptors (Lipinski definition) is 2. The zero-order chi connectivity index (χ0) is 12.7. The number of anilines is 1. The summed E-state index contributed by atoms with van der Waals surface area (Å²) in [5.74, 6) is 1.19. The maximum atomic E-state index is 4.77. The van der Waals surface area contributed by atoms with Crippen LogP contribution >= 0.6 is 0 Å². The van der Waals surface area contributed by atoms with Crippen LogP contribution in [0.5, 0.6) is 0 Å². The lowest BCUT2D eigenvalue weighted by Crippen LogP contribution is -2.06. The number of aromatic nitrogens is 2. The Kier molecular flexibility index (Phi) is 2.62. The standard InChI is InChI=1S/C15H19N3/c1-4-13-12-7-8-16-15(12)18(17-13)14-6-5-10(2)9-11(14)3/h5-6,9,16H,4,7-8H2,1-3H3. The van der Waals surface area contributed by atoms with Gasteiger partial charge in [-0.05, 0) is 38.3 Å². The molecule has 94 valence electrons. The van der Waals surface area contributed by atoms with Gasteiger partial charge in [-0.15, -0.1) is 0 Å². The van der Waals surface area contributed by atoms with E-state index in [9.17, 15) is 0 Å². The topological polar surface area (TPSA) is 29.9 Å². The Hall–Kier alpha value is -1.77. The summed E-state index contributed by atoms with van der Waals surface area (Å²) >= 11 is 0. The molecular formula is C15H19N3. The van der Waals surface area contributed by atoms with Crippen LogP contribution in [0.4, 0.5) is 5.82 Å². The monoisotopic (exact) mass is 241 g/mol. The Morgan fingerprint density at radius 1 is 1.33 bits per heavy atom. The van der Waals surface area contributed by atoms with Crippen LogP contribution in [-0.4, -0.2) is 16.3 Å². The molecular weight excluding hydrogens is 222 g/mol. The molecule has 1 aromatic carbocycles. The van der Waals surface area contributed by atoms with E-state index in [4.69, 9.17) is 5.10 Å². The van der Waals surface area contributed by atoms with Crippen LogP contribution in [-0.2, 0) is 12.8 Å². The number of aryl methyl sites for hydroxylation is 3. The quantitative estimate of drug-likeness (QED) is 0.876. The molecule has 1 aromatic heterocycles. The molecule has 0 saturated carbocycles. The van der Waals surface area contributed by atoms with Crippen molar-refractivity contribution in [1.29, 1.82) is 0 Å². The summed E-state index contributed by atoms with van der Waals surface area (Å²) in [6.45, 7) is 7.48. The Labute approximate surface area is 108 Å². The molecule has 0 spiro atoms. The van der Waals surface area contributed by atoms with Crippen LogP contribution in [0, 0.1) is 13.8 Å². The molecule has 1 aliphatic rings. The first-order chi connectivity index (χ1) is 8.70. The molecule has 3 rings (SSSR count). The van der Waals surface area contributed by atoms with Crippen molar-refractivity contribution < 1.29 is 0 Å². The van der Waals surface area contributed by atoms with E-state index >= 15 is 0 Å². The molecule has 0 bridgehead atoms. The van der Waals surface area contributed by atoms with E-state index in [2.05, 4.69) is 49.0 Å². The molecule has 0 amide bonds. The number of benzene rings is 1. The highest BCUT2D eigenvalue weighted by molar-refractivity contribution is 5.58. The summed E-state index contributed by atoms with van der Waals surface area (Å²) in [5.41, 5.74) is 6.39. The van der Waals surface area contributed by atoms with E-state index in [1.165, 1.54) is 33.9 Å². The number of fused-ring (bicyclic) bond motifs is 1. The van der Waals surface area contributed by atoms with Gasteiger partial charge in [0.2, 0.25) is 0 Å². The van der Waals surface area contributed by atoms with Gasteiger partial charge in [-0.2, -0.15) is 5.10 Å². The second-order valence-electron chi connectivity index (χ2n) is 5.01. The van der Waals surface area contributed by atoms with Crippen molar-refractivity contribution in [2.24, 2.45) is 0 Å². The van der Waals surface area contributed by atoms with Gasteiger partial charge in [0.1, 0.15) is 5.82 Å². The fraction of sp³-hybridized carbons (Fsp3) is 0.400. The van der Waals surface area contributed by atoms with Gasteiger partial charge in [-0.1, -0.05) is 24.6 Å². The van der Waals surface area contributed by atoms with Gasteiger partial charge < -0.3 is 5.32 Å². The van der Waals surface area contributed by atoms with E-state index in [1.807, 2.05) is 0 Å². The highest BCUT2D eigenvalue weighted by Crippen LogP contribution is 2.30. The van der Waals surface area contributed by atoms with Gasteiger partial charge in [0.25, 0.3) is 0 Å². The third-order valence-electron chi connectivity index (χ3n) is 3.65. The first-order valence-electron chi connectivity index (χ1n) is 6.63. The summed E-state index contributed by atoms with van der Waals surface area (Å²) in [6, 6.07) is 6.53. The lowest BCUT2D eigenvalue weighted by Gasteiger charge is -2.10. The molecule has 3 nitrogen and oxygen atoms in total. The van der Waals surface area contributed by atoms with Gasteiger partial charge in [0.15, 0.2) is 0 Å². The summed E-state index contributed by atoms with van der Waals surface area (Å²) in [4.78, 5) is 0. The molecule has 18 heavy (non-hydrogen) atoms. The van der Waals surface area contributed by atoms with Gasteiger partial charge >= 0.3 is 0 Å². The lowest BCUT2D eigenvalue weighted by molar-refractivity contribution is 0.827. The molecule has 0 unspecified atom stereocenters. The molecule has 0 fully saturated rings. The third-order valence-corrected chi connectivity index (χ3v) is 3.65. The maximum Gasteiger partial charge on any atom is 0.133 e. The minimum absolute atomic E-state index is 1.00. The summed E-state index contributed by atoms with van der Waals surface area (Å²) < 4.78 is 2.08. The third kappa shape index (κ3) is 1.62. The normalized spacial score (nSPS) is 13.5. The molecule has 2 aromatic rings. The van der Waals surface area contributed by atoms with Crippen LogP contribution in [0.15, 0.2) is 18.2 Å². The average Bonchev–Trinajstić information content (AvgIpc) is 2.91. The van der Waals surface area contributed by atoms with E-state index < -0.39 is 0 Å². The minimum Gasteiger partial charge on any atom is -0.369 e. The SMILES string of the molecule is CCc1nn(-c2ccc(C)cc2C)c2c1CCN2. The smallest absolute Gasteiger partial charge is 0.133 e. The van der Waals surface area contributed by atoms with Crippen LogP contribution in [0.3, 0.4) is 0 Å². The zero-order valence-corrected chi connectivity index (χ0v) is 11.2. The van der Waals surface area contributed by atoms with Crippen molar-refractivity contribution in [3.05, 3.63) is 40.6 Å². The van der Waals surface area contributed by atoms with Gasteiger partial charge in [-0.3, -0.25) is 0 Å². The maximum absolute atomic E-state index is 4.77. The number of nitrogens with zero attached hydrogens (tertiary/aromatic N) is 2. The second-order valence-corrected chi connectivity index (χ2v) is 5.01. The van der Waals surface area contributed by atoms with Crippen LogP contribution in [0.1, 0.15) is 29.3 Å². The number of rotatable bonds is 2. The molecule has 1 N–H and O–H groups in total. The van der Waals surface area contributed by atoms with E-state index in [-0.39, 0.29) is 0 Å². The molecule has 0 saturated heterocycles. The Balaban J connectivity index is 2.17. The van der Waals surface area contributed by atoms with E-state index in [0.717, 1.165) is 19.4 Å². The largest absolute Gasteiger partial charge is 0.369 e. The van der Waals surface area contributed by atoms with Crippen molar-refractivity contribution in [2.75, 3.05) is 11.9 Å². The summed E-state index contributed by atoms with van der Waals surface area (Å²) in [7, 11) is 0. The number of hydrogen-bond donors (Lipinski definition) is 1. The first kappa shape index (κ1) is 11.3. The Bertz CT molecular complexity index is 596. The van der Waals surface area contributed by atoms with Crippen molar-refractivity contribution in [2.45, 2.75) is 33.6 Å². The fourth-order valence-corrected chi connectivity index (χ4v) is 2.75. The Morgan fingerprint density at radius 3 is 2.89 bits per heavy atom. The molecule has 0 radical (unpaired) electrons. The predicted molar refractivity (Wildman–Crippen MR) is 74.6 cm³/mol. The van der Waals surface area contributed by atoms with Crippen LogP contribution < -0.4 is 5.32 Å². The molecule has 0 atom stereocenters. The fourth-order valence-electron chi connectivity index (χ4n) is 2.75. The number of nitrogens with one attached hydrogen (secondary N) is 1. The van der Waals surface area contributed by atoms with E-state index in [1.54, 1.807) is 0 Å². The zero-order valence-electron chi connectivity index (χ0n) is 11.2. The highest BCUT2D eigenvalue weighted by Gasteiger charge is 2.22. The van der Waals surface area contributed by atoms with E-state index in [0.29, 0.717) is 0 Å². The Morgan fingerprint density at radius 2 is 2.17 bits per heavy atom. The first-order valence-corrected chi connectivity index (χ1v) is 6.63. The molecule has 1 aliphatic heterocycles. The lowest BCUT2D eigenvalue weighted by atomic mass is 10.1. The molecule has 0 aliphatic carbocycles. The highest BCUT2D eigenvalue weighted by atomic mass is 15.3.